The average Bonchev–Trinajstić information content (AvgIpc) is 3.07. The molecule has 2 heterocycles. The van der Waals surface area contributed by atoms with Crippen molar-refractivity contribution in [3.8, 4) is 22.3 Å². The summed E-state index contributed by atoms with van der Waals surface area (Å²) < 4.78 is 11.9. The Balaban J connectivity index is 1.36. The molecular weight excluding hydrogens is 558 g/mol. The Hall–Kier alpha value is -5.16. The zero-order valence-corrected chi connectivity index (χ0v) is 25.9. The molecule has 224 valence electrons. The fourth-order valence-electron chi connectivity index (χ4n) is 6.62. The van der Waals surface area contributed by atoms with E-state index in [9.17, 15) is 9.59 Å². The molecule has 7 rings (SSSR count). The van der Waals surface area contributed by atoms with E-state index in [2.05, 4.69) is 43.9 Å². The number of nitrogens with zero attached hydrogens (tertiary/aromatic N) is 1. The van der Waals surface area contributed by atoms with E-state index in [-0.39, 0.29) is 5.63 Å². The molecule has 2 aromatic heterocycles. The first kappa shape index (κ1) is 28.6. The Morgan fingerprint density at radius 2 is 1.22 bits per heavy atom. The predicted octanol–water partition coefficient (Wildman–Crippen LogP) is 9.73. The highest BCUT2D eigenvalue weighted by Gasteiger charge is 2.18. The summed E-state index contributed by atoms with van der Waals surface area (Å²) in [5.74, 6) is 0. The van der Waals surface area contributed by atoms with E-state index >= 15 is 0 Å². The Morgan fingerprint density at radius 3 is 1.91 bits per heavy atom. The number of unbranched alkanes of at least 4 members (excludes halogenated alkanes) is 1. The summed E-state index contributed by atoms with van der Waals surface area (Å²) in [6.45, 7) is 8.14. The average molecular weight is 594 g/mol. The van der Waals surface area contributed by atoms with Crippen molar-refractivity contribution in [1.29, 1.82) is 0 Å². The minimum absolute atomic E-state index is 0.388. The zero-order chi connectivity index (χ0) is 31.1. The van der Waals surface area contributed by atoms with Crippen LogP contribution in [0.15, 0.2) is 115 Å². The van der Waals surface area contributed by atoms with Gasteiger partial charge in [0.05, 0.1) is 11.1 Å². The lowest BCUT2D eigenvalue weighted by Gasteiger charge is -2.21. The van der Waals surface area contributed by atoms with Crippen molar-refractivity contribution in [2.45, 2.75) is 40.0 Å². The Morgan fingerprint density at radius 1 is 0.578 bits per heavy atom. The first-order valence-electron chi connectivity index (χ1n) is 15.8. The minimum Gasteiger partial charge on any atom is -0.422 e. The Bertz CT molecular complexity index is 2340. The second kappa shape index (κ2) is 11.7. The van der Waals surface area contributed by atoms with Gasteiger partial charge < -0.3 is 13.7 Å². The molecule has 0 spiro atoms. The van der Waals surface area contributed by atoms with Crippen LogP contribution in [-0.2, 0) is 6.42 Å². The van der Waals surface area contributed by atoms with E-state index in [4.69, 9.17) is 8.83 Å². The lowest BCUT2D eigenvalue weighted by Crippen LogP contribution is -2.21. The van der Waals surface area contributed by atoms with Gasteiger partial charge in [0.1, 0.15) is 11.2 Å². The van der Waals surface area contributed by atoms with Gasteiger partial charge in [-0.05, 0) is 83.8 Å². The molecule has 5 heteroatoms. The van der Waals surface area contributed by atoms with E-state index in [1.165, 1.54) is 5.56 Å². The van der Waals surface area contributed by atoms with Gasteiger partial charge >= 0.3 is 11.3 Å². The molecule has 0 aliphatic carbocycles. The van der Waals surface area contributed by atoms with Gasteiger partial charge in [-0.15, -0.1) is 0 Å². The van der Waals surface area contributed by atoms with Crippen LogP contribution in [-0.4, -0.2) is 13.1 Å². The smallest absolute Gasteiger partial charge is 0.344 e. The number of fused-ring (bicyclic) bond motifs is 5. The molecule has 0 bridgehead atoms. The minimum atomic E-state index is -0.396. The van der Waals surface area contributed by atoms with Crippen LogP contribution in [0.2, 0.25) is 0 Å². The molecule has 0 fully saturated rings. The van der Waals surface area contributed by atoms with E-state index in [1.54, 1.807) is 0 Å². The molecular formula is C40H35NO4. The van der Waals surface area contributed by atoms with E-state index in [1.807, 2.05) is 78.9 Å². The van der Waals surface area contributed by atoms with Gasteiger partial charge in [-0.1, -0.05) is 80.1 Å². The van der Waals surface area contributed by atoms with E-state index < -0.39 is 5.63 Å². The first-order valence-corrected chi connectivity index (χ1v) is 15.8. The number of aryl methyl sites for hydroxylation is 1. The topological polar surface area (TPSA) is 63.7 Å². The number of benzene rings is 5. The number of hydrogen-bond acceptors (Lipinski definition) is 5. The van der Waals surface area contributed by atoms with Gasteiger partial charge in [0.2, 0.25) is 0 Å². The van der Waals surface area contributed by atoms with Crippen molar-refractivity contribution in [2.24, 2.45) is 0 Å². The summed E-state index contributed by atoms with van der Waals surface area (Å²) in [6.07, 6.45) is 3.23. The number of hydrogen-bond donors (Lipinski definition) is 0. The third-order valence-corrected chi connectivity index (χ3v) is 9.00. The summed E-state index contributed by atoms with van der Waals surface area (Å²) in [4.78, 5) is 29.2. The first-order chi connectivity index (χ1) is 22.0. The maximum absolute atomic E-state index is 13.6. The molecule has 5 aromatic carbocycles. The van der Waals surface area contributed by atoms with Gasteiger partial charge in [-0.25, -0.2) is 9.59 Å². The summed E-state index contributed by atoms with van der Waals surface area (Å²) in [6, 6.07) is 31.9. The van der Waals surface area contributed by atoms with Gasteiger partial charge in [0.15, 0.2) is 0 Å². The quantitative estimate of drug-likeness (QED) is 0.130. The molecule has 0 saturated carbocycles. The van der Waals surface area contributed by atoms with Crippen LogP contribution in [0.25, 0.3) is 65.7 Å². The SMILES string of the molecule is CCCCc1cccc2c1ccc1cc(-c3ccc(-c4cc5ccc(N(CC)CC)cc5oc4=O)c4ccccc34)c(=O)oc12. The zero-order valence-electron chi connectivity index (χ0n) is 25.9. The maximum atomic E-state index is 13.6. The van der Waals surface area contributed by atoms with Crippen LogP contribution in [0, 0.1) is 0 Å². The number of rotatable bonds is 8. The van der Waals surface area contributed by atoms with Gasteiger partial charge in [0, 0.05) is 41.0 Å². The highest BCUT2D eigenvalue weighted by molar-refractivity contribution is 6.08. The molecule has 0 unspecified atom stereocenters. The van der Waals surface area contributed by atoms with Crippen molar-refractivity contribution >= 4 is 49.2 Å². The molecule has 0 N–H and O–H groups in total. The molecule has 5 nitrogen and oxygen atoms in total. The molecule has 0 aliphatic heterocycles. The molecule has 0 amide bonds. The van der Waals surface area contributed by atoms with Crippen molar-refractivity contribution in [3.05, 3.63) is 123 Å². The second-order valence-electron chi connectivity index (χ2n) is 11.6. The third kappa shape index (κ3) is 4.98. The molecule has 0 radical (unpaired) electrons. The summed E-state index contributed by atoms with van der Waals surface area (Å²) in [5.41, 5.74) is 5.17. The standard InChI is InChI=1S/C40H35NO4/c1-4-7-11-25-12-10-15-34-29(25)19-17-27-23-36(40(43)45-38(27)34)33-21-20-32(30-13-8-9-14-31(30)33)35-22-26-16-18-28(41(5-2)6-3)24-37(26)44-39(35)42/h8-10,12-24H,4-7,11H2,1-3H3. The molecule has 0 atom stereocenters. The van der Waals surface area contributed by atoms with Crippen molar-refractivity contribution in [1.82, 2.24) is 0 Å². The van der Waals surface area contributed by atoms with Crippen LogP contribution in [0.5, 0.6) is 0 Å². The van der Waals surface area contributed by atoms with Crippen LogP contribution in [0.4, 0.5) is 5.69 Å². The van der Waals surface area contributed by atoms with Crippen LogP contribution in [0.1, 0.15) is 39.2 Å². The second-order valence-corrected chi connectivity index (χ2v) is 11.6. The summed E-state index contributed by atoms with van der Waals surface area (Å²) in [5, 5.41) is 5.53. The van der Waals surface area contributed by atoms with Crippen LogP contribution < -0.4 is 16.2 Å². The monoisotopic (exact) mass is 593 g/mol. The molecule has 7 aromatic rings. The van der Waals surface area contributed by atoms with Crippen LogP contribution >= 0.6 is 0 Å². The molecule has 45 heavy (non-hydrogen) atoms. The van der Waals surface area contributed by atoms with Crippen molar-refractivity contribution in [2.75, 3.05) is 18.0 Å². The Labute approximate surface area is 261 Å². The van der Waals surface area contributed by atoms with E-state index in [0.717, 1.165) is 81.5 Å². The normalized spacial score (nSPS) is 11.6. The predicted molar refractivity (Wildman–Crippen MR) is 187 cm³/mol. The maximum Gasteiger partial charge on any atom is 0.344 e. The Kier molecular flexibility index (Phi) is 7.46. The van der Waals surface area contributed by atoms with Gasteiger partial charge in [-0.3, -0.25) is 0 Å². The van der Waals surface area contributed by atoms with Crippen LogP contribution in [0.3, 0.4) is 0 Å². The highest BCUT2D eigenvalue weighted by Crippen LogP contribution is 2.36. The van der Waals surface area contributed by atoms with Gasteiger partial charge in [-0.2, -0.15) is 0 Å². The number of anilines is 1. The highest BCUT2D eigenvalue weighted by atomic mass is 16.4. The van der Waals surface area contributed by atoms with E-state index in [0.29, 0.717) is 22.3 Å². The fraction of sp³-hybridized carbons (Fsp3) is 0.200. The largest absolute Gasteiger partial charge is 0.422 e. The summed E-state index contributed by atoms with van der Waals surface area (Å²) in [7, 11) is 0. The van der Waals surface area contributed by atoms with Gasteiger partial charge in [0.25, 0.3) is 0 Å². The van der Waals surface area contributed by atoms with Crippen molar-refractivity contribution in [3.63, 3.8) is 0 Å². The third-order valence-electron chi connectivity index (χ3n) is 9.00. The lowest BCUT2D eigenvalue weighted by atomic mass is 9.92. The summed E-state index contributed by atoms with van der Waals surface area (Å²) >= 11 is 0. The lowest BCUT2D eigenvalue weighted by molar-refractivity contribution is 0.563. The fourth-order valence-corrected chi connectivity index (χ4v) is 6.62. The van der Waals surface area contributed by atoms with Crippen molar-refractivity contribution < 1.29 is 8.83 Å². The molecule has 0 saturated heterocycles. The molecule has 0 aliphatic rings.